The van der Waals surface area contributed by atoms with Gasteiger partial charge in [0.25, 0.3) is 0 Å². The fourth-order valence-electron chi connectivity index (χ4n) is 1.83. The van der Waals surface area contributed by atoms with Crippen molar-refractivity contribution in [1.29, 1.82) is 0 Å². The van der Waals surface area contributed by atoms with E-state index in [1.165, 1.54) is 17.8 Å². The van der Waals surface area contributed by atoms with Crippen molar-refractivity contribution in [3.8, 4) is 0 Å². The summed E-state index contributed by atoms with van der Waals surface area (Å²) in [5.41, 5.74) is 2.80. The molecule has 0 spiro atoms. The largest absolute Gasteiger partial charge is 0.392 e. The van der Waals surface area contributed by atoms with Crippen molar-refractivity contribution in [1.82, 2.24) is 9.97 Å². The second-order valence-electron chi connectivity index (χ2n) is 4.50. The van der Waals surface area contributed by atoms with Crippen LogP contribution in [0.15, 0.2) is 23.8 Å². The van der Waals surface area contributed by atoms with E-state index in [0.29, 0.717) is 6.54 Å². The highest BCUT2D eigenvalue weighted by Gasteiger charge is 2.26. The van der Waals surface area contributed by atoms with Gasteiger partial charge in [-0.05, 0) is 18.9 Å². The summed E-state index contributed by atoms with van der Waals surface area (Å²) in [6.45, 7) is 0.706. The Morgan fingerprint density at radius 1 is 1.44 bits per heavy atom. The van der Waals surface area contributed by atoms with Crippen molar-refractivity contribution in [2.24, 2.45) is 0 Å². The Morgan fingerprint density at radius 3 is 3.11 bits per heavy atom. The second-order valence-corrected chi connectivity index (χ2v) is 5.39. The first-order chi connectivity index (χ1) is 8.86. The molecule has 0 saturated heterocycles. The predicted octanol–water partition coefficient (Wildman–Crippen LogP) is 2.52. The molecule has 1 aliphatic rings. The van der Waals surface area contributed by atoms with Gasteiger partial charge in [-0.1, -0.05) is 0 Å². The molecule has 1 saturated carbocycles. The number of aromatic nitrogens is 2. The molecule has 0 radical (unpaired) electrons. The van der Waals surface area contributed by atoms with Gasteiger partial charge in [-0.15, -0.1) is 11.3 Å². The van der Waals surface area contributed by atoms with E-state index in [1.807, 2.05) is 6.07 Å². The molecule has 4 nitrogen and oxygen atoms in total. The van der Waals surface area contributed by atoms with E-state index in [9.17, 15) is 5.11 Å². The summed E-state index contributed by atoms with van der Waals surface area (Å²) in [5.74, 6) is 0.718. The fourth-order valence-corrected chi connectivity index (χ4v) is 2.82. The third-order valence-electron chi connectivity index (χ3n) is 3.04. The van der Waals surface area contributed by atoms with E-state index < -0.39 is 0 Å². The van der Waals surface area contributed by atoms with Gasteiger partial charge in [0.2, 0.25) is 0 Å². The molecule has 5 heteroatoms. The standard InChI is InChI=1S/C13H15N3OS/c17-7-10-3-4-14-6-12(10)15-5-11-8-18-13(16-11)9-1-2-9/h3-4,6,8-9,15,17H,1-2,5,7H2. The molecular formula is C13H15N3OS. The Hall–Kier alpha value is -1.46. The van der Waals surface area contributed by atoms with Gasteiger partial charge in [0, 0.05) is 23.1 Å². The third kappa shape index (κ3) is 2.52. The zero-order valence-electron chi connectivity index (χ0n) is 9.97. The van der Waals surface area contributed by atoms with E-state index in [4.69, 9.17) is 0 Å². The molecule has 94 valence electrons. The van der Waals surface area contributed by atoms with E-state index in [1.54, 1.807) is 23.7 Å². The first-order valence-corrected chi connectivity index (χ1v) is 6.96. The highest BCUT2D eigenvalue weighted by Crippen LogP contribution is 2.41. The highest BCUT2D eigenvalue weighted by molar-refractivity contribution is 7.09. The van der Waals surface area contributed by atoms with E-state index in [2.05, 4.69) is 20.7 Å². The molecule has 1 fully saturated rings. The molecule has 3 rings (SSSR count). The number of nitrogens with zero attached hydrogens (tertiary/aromatic N) is 2. The predicted molar refractivity (Wildman–Crippen MR) is 71.6 cm³/mol. The molecule has 2 aromatic rings. The summed E-state index contributed by atoms with van der Waals surface area (Å²) in [7, 11) is 0. The number of aliphatic hydroxyl groups excluding tert-OH is 1. The molecular weight excluding hydrogens is 246 g/mol. The lowest BCUT2D eigenvalue weighted by Crippen LogP contribution is -2.03. The van der Waals surface area contributed by atoms with Crippen LogP contribution in [-0.2, 0) is 13.2 Å². The number of rotatable bonds is 5. The van der Waals surface area contributed by atoms with Crippen LogP contribution in [0.5, 0.6) is 0 Å². The van der Waals surface area contributed by atoms with Crippen LogP contribution in [0.25, 0.3) is 0 Å². The molecule has 0 aromatic carbocycles. The van der Waals surface area contributed by atoms with Gasteiger partial charge in [-0.25, -0.2) is 4.98 Å². The van der Waals surface area contributed by atoms with Crippen LogP contribution in [0.2, 0.25) is 0 Å². The Balaban J connectivity index is 1.65. The molecule has 2 N–H and O–H groups in total. The monoisotopic (exact) mass is 261 g/mol. The first kappa shape index (κ1) is 11.6. The maximum Gasteiger partial charge on any atom is 0.0960 e. The average molecular weight is 261 g/mol. The average Bonchev–Trinajstić information content (AvgIpc) is 3.16. The van der Waals surface area contributed by atoms with Gasteiger partial charge < -0.3 is 10.4 Å². The van der Waals surface area contributed by atoms with Crippen molar-refractivity contribution in [2.75, 3.05) is 5.32 Å². The summed E-state index contributed by atoms with van der Waals surface area (Å²) in [6, 6.07) is 1.82. The molecule has 0 amide bonds. The van der Waals surface area contributed by atoms with Gasteiger partial charge >= 0.3 is 0 Å². The summed E-state index contributed by atoms with van der Waals surface area (Å²) in [6.07, 6.45) is 6.00. The zero-order chi connectivity index (χ0) is 12.4. The number of aliphatic hydroxyl groups is 1. The number of pyridine rings is 1. The summed E-state index contributed by atoms with van der Waals surface area (Å²) < 4.78 is 0. The lowest BCUT2D eigenvalue weighted by molar-refractivity contribution is 0.282. The first-order valence-electron chi connectivity index (χ1n) is 6.08. The van der Waals surface area contributed by atoms with Crippen LogP contribution >= 0.6 is 11.3 Å². The van der Waals surface area contributed by atoms with E-state index in [0.717, 1.165) is 22.9 Å². The maximum absolute atomic E-state index is 9.22. The molecule has 2 heterocycles. The van der Waals surface area contributed by atoms with Crippen LogP contribution < -0.4 is 5.32 Å². The fraction of sp³-hybridized carbons (Fsp3) is 0.385. The molecule has 1 aliphatic carbocycles. The van der Waals surface area contributed by atoms with Crippen LogP contribution in [-0.4, -0.2) is 15.1 Å². The SMILES string of the molecule is OCc1ccncc1NCc1csc(C2CC2)n1. The topological polar surface area (TPSA) is 58.0 Å². The van der Waals surface area contributed by atoms with Crippen LogP contribution in [0.3, 0.4) is 0 Å². The van der Waals surface area contributed by atoms with Crippen molar-refractivity contribution >= 4 is 17.0 Å². The van der Waals surface area contributed by atoms with E-state index in [-0.39, 0.29) is 6.61 Å². The summed E-state index contributed by atoms with van der Waals surface area (Å²) in [5, 5.41) is 15.9. The Bertz CT molecular complexity index is 537. The van der Waals surface area contributed by atoms with Gasteiger partial charge in [0.1, 0.15) is 0 Å². The Morgan fingerprint density at radius 2 is 2.33 bits per heavy atom. The van der Waals surface area contributed by atoms with Crippen molar-refractivity contribution in [2.45, 2.75) is 31.9 Å². The summed E-state index contributed by atoms with van der Waals surface area (Å²) >= 11 is 1.75. The normalized spacial score (nSPS) is 14.7. The molecule has 0 atom stereocenters. The lowest BCUT2D eigenvalue weighted by atomic mass is 10.2. The number of thiazole rings is 1. The maximum atomic E-state index is 9.22. The lowest BCUT2D eigenvalue weighted by Gasteiger charge is -2.08. The number of anilines is 1. The van der Waals surface area contributed by atoms with Crippen molar-refractivity contribution in [3.05, 3.63) is 40.1 Å². The van der Waals surface area contributed by atoms with Crippen LogP contribution in [0.4, 0.5) is 5.69 Å². The molecule has 18 heavy (non-hydrogen) atoms. The summed E-state index contributed by atoms with van der Waals surface area (Å²) in [4.78, 5) is 8.67. The minimum absolute atomic E-state index is 0.0231. The minimum atomic E-state index is 0.0231. The molecule has 2 aromatic heterocycles. The molecule has 0 aliphatic heterocycles. The highest BCUT2D eigenvalue weighted by atomic mass is 32.1. The van der Waals surface area contributed by atoms with Crippen molar-refractivity contribution in [3.63, 3.8) is 0 Å². The minimum Gasteiger partial charge on any atom is -0.392 e. The second kappa shape index (κ2) is 5.04. The van der Waals surface area contributed by atoms with Crippen LogP contribution in [0, 0.1) is 0 Å². The molecule has 0 bridgehead atoms. The zero-order valence-corrected chi connectivity index (χ0v) is 10.8. The third-order valence-corrected chi connectivity index (χ3v) is 4.09. The van der Waals surface area contributed by atoms with E-state index >= 15 is 0 Å². The van der Waals surface area contributed by atoms with Crippen molar-refractivity contribution < 1.29 is 5.11 Å². The quantitative estimate of drug-likeness (QED) is 0.868. The number of hydrogen-bond acceptors (Lipinski definition) is 5. The van der Waals surface area contributed by atoms with Gasteiger partial charge in [-0.2, -0.15) is 0 Å². The van der Waals surface area contributed by atoms with Gasteiger partial charge in [0.05, 0.1) is 35.7 Å². The Kier molecular flexibility index (Phi) is 3.25. The Labute approximate surface area is 110 Å². The number of nitrogens with one attached hydrogen (secondary N) is 1. The van der Waals surface area contributed by atoms with Crippen LogP contribution in [0.1, 0.15) is 35.0 Å². The van der Waals surface area contributed by atoms with Gasteiger partial charge in [0.15, 0.2) is 0 Å². The smallest absolute Gasteiger partial charge is 0.0960 e. The molecule has 0 unspecified atom stereocenters. The van der Waals surface area contributed by atoms with Gasteiger partial charge in [-0.3, -0.25) is 4.98 Å². The number of hydrogen-bond donors (Lipinski definition) is 2.